The first-order valence-corrected chi connectivity index (χ1v) is 12.1. The minimum absolute atomic E-state index is 0.0224. The van der Waals surface area contributed by atoms with Gasteiger partial charge in [0, 0.05) is 31.0 Å². The lowest BCUT2D eigenvalue weighted by atomic mass is 9.91. The summed E-state index contributed by atoms with van der Waals surface area (Å²) in [4.78, 5) is 14.3. The average Bonchev–Trinajstić information content (AvgIpc) is 2.71. The monoisotopic (exact) mass is 432 g/mol. The third-order valence-electron chi connectivity index (χ3n) is 5.76. The zero-order valence-electron chi connectivity index (χ0n) is 18.4. The van der Waals surface area contributed by atoms with E-state index in [-0.39, 0.29) is 17.2 Å². The number of hydrogen-bond acceptors (Lipinski definition) is 3. The summed E-state index contributed by atoms with van der Waals surface area (Å²) < 4.78 is 27.7. The zero-order chi connectivity index (χ0) is 21.9. The summed E-state index contributed by atoms with van der Waals surface area (Å²) in [5.41, 5.74) is 0.0224. The molecule has 7 heteroatoms. The Bertz CT molecular complexity index is 994. The Morgan fingerprint density at radius 3 is 2.37 bits per heavy atom. The van der Waals surface area contributed by atoms with Crippen molar-refractivity contribution in [1.29, 1.82) is 0 Å². The van der Waals surface area contributed by atoms with E-state index in [0.29, 0.717) is 37.4 Å². The molecule has 0 spiro atoms. The molecular weight excluding hydrogens is 398 g/mol. The molecule has 0 aliphatic carbocycles. The van der Waals surface area contributed by atoms with Gasteiger partial charge in [-0.1, -0.05) is 44.2 Å². The van der Waals surface area contributed by atoms with E-state index < -0.39 is 10.0 Å². The number of amides is 1. The first-order valence-electron chi connectivity index (χ1n) is 10.6. The predicted octanol–water partition coefficient (Wildman–Crippen LogP) is 1.53. The van der Waals surface area contributed by atoms with Gasteiger partial charge in [0.15, 0.2) is 0 Å². The van der Waals surface area contributed by atoms with E-state index in [0.717, 1.165) is 17.3 Å². The highest BCUT2D eigenvalue weighted by atomic mass is 32.2. The summed E-state index contributed by atoms with van der Waals surface area (Å²) in [6, 6.07) is 13.0. The van der Waals surface area contributed by atoms with Crippen LogP contribution in [0.3, 0.4) is 0 Å². The molecule has 164 valence electrons. The molecule has 2 aromatic rings. The van der Waals surface area contributed by atoms with Crippen LogP contribution >= 0.6 is 0 Å². The van der Waals surface area contributed by atoms with Crippen LogP contribution in [0.5, 0.6) is 0 Å². The third kappa shape index (κ3) is 5.39. The highest BCUT2D eigenvalue weighted by Gasteiger charge is 2.33. The molecule has 0 aromatic heterocycles. The van der Waals surface area contributed by atoms with Crippen molar-refractivity contribution in [3.05, 3.63) is 42.5 Å². The second-order valence-electron chi connectivity index (χ2n) is 9.45. The molecule has 1 saturated heterocycles. The summed E-state index contributed by atoms with van der Waals surface area (Å²) in [7, 11) is 0.660. The average molecular weight is 433 g/mol. The summed E-state index contributed by atoms with van der Waals surface area (Å²) >= 11 is 0. The van der Waals surface area contributed by atoms with Gasteiger partial charge in [0.05, 0.1) is 25.5 Å². The highest BCUT2D eigenvalue weighted by molar-refractivity contribution is 7.89. The van der Waals surface area contributed by atoms with Crippen LogP contribution in [0, 0.1) is 11.3 Å². The lowest BCUT2D eigenvalue weighted by Gasteiger charge is -2.32. The number of rotatable bonds is 7. The van der Waals surface area contributed by atoms with Gasteiger partial charge in [-0.3, -0.25) is 4.79 Å². The highest BCUT2D eigenvalue weighted by Crippen LogP contribution is 2.26. The molecule has 1 aliphatic heterocycles. The zero-order valence-corrected chi connectivity index (χ0v) is 19.3. The smallest absolute Gasteiger partial charge is 0.243 e. The number of carbonyl (C=O) groups excluding carboxylic acids is 1. The topological polar surface area (TPSA) is 70.9 Å². The van der Waals surface area contributed by atoms with E-state index in [4.69, 9.17) is 0 Å². The second-order valence-corrected chi connectivity index (χ2v) is 11.4. The van der Waals surface area contributed by atoms with Gasteiger partial charge in [-0.15, -0.1) is 0 Å². The molecule has 0 radical (unpaired) electrons. The SMILES string of the molecule is C[NH+](C)CC(C)(C)CNC(=O)C1CCN(S(=O)(=O)c2ccc3ccccc3c2)CC1. The van der Waals surface area contributed by atoms with Crippen molar-refractivity contribution in [3.8, 4) is 0 Å². The first-order chi connectivity index (χ1) is 14.1. The molecule has 30 heavy (non-hydrogen) atoms. The van der Waals surface area contributed by atoms with Crippen molar-refractivity contribution in [3.63, 3.8) is 0 Å². The van der Waals surface area contributed by atoms with Crippen molar-refractivity contribution >= 4 is 26.7 Å². The number of benzene rings is 2. The molecule has 3 rings (SSSR count). The Kier molecular flexibility index (Phi) is 6.84. The van der Waals surface area contributed by atoms with Gasteiger partial charge >= 0.3 is 0 Å². The molecule has 0 bridgehead atoms. The van der Waals surface area contributed by atoms with Crippen LogP contribution in [0.25, 0.3) is 10.8 Å². The predicted molar refractivity (Wildman–Crippen MR) is 120 cm³/mol. The normalized spacial score (nSPS) is 16.8. The summed E-state index contributed by atoms with van der Waals surface area (Å²) in [5.74, 6) is -0.0878. The number of nitrogens with zero attached hydrogens (tertiary/aromatic N) is 1. The van der Waals surface area contributed by atoms with Gasteiger partial charge in [-0.05, 0) is 35.7 Å². The number of sulfonamides is 1. The van der Waals surface area contributed by atoms with E-state index in [2.05, 4.69) is 33.3 Å². The van der Waals surface area contributed by atoms with E-state index in [9.17, 15) is 13.2 Å². The summed E-state index contributed by atoms with van der Waals surface area (Å²) in [5, 5.41) is 5.01. The minimum Gasteiger partial charge on any atom is -0.355 e. The molecule has 1 heterocycles. The number of fused-ring (bicyclic) bond motifs is 1. The van der Waals surface area contributed by atoms with Crippen LogP contribution in [0.1, 0.15) is 26.7 Å². The van der Waals surface area contributed by atoms with Crippen LogP contribution in [0.4, 0.5) is 0 Å². The maximum absolute atomic E-state index is 13.1. The molecule has 6 nitrogen and oxygen atoms in total. The van der Waals surface area contributed by atoms with Gasteiger partial charge < -0.3 is 10.2 Å². The molecule has 1 aliphatic rings. The Labute approximate surface area is 180 Å². The molecule has 1 amide bonds. The molecule has 2 aromatic carbocycles. The molecule has 2 N–H and O–H groups in total. The van der Waals surface area contributed by atoms with Crippen molar-refractivity contribution in [2.24, 2.45) is 11.3 Å². The third-order valence-corrected chi connectivity index (χ3v) is 7.65. The number of quaternary nitrogens is 1. The van der Waals surface area contributed by atoms with E-state index in [1.165, 1.54) is 9.21 Å². The van der Waals surface area contributed by atoms with Crippen LogP contribution in [-0.4, -0.2) is 58.9 Å². The summed E-state index contributed by atoms with van der Waals surface area (Å²) in [6.07, 6.45) is 1.11. The van der Waals surface area contributed by atoms with Crippen LogP contribution in [-0.2, 0) is 14.8 Å². The Balaban J connectivity index is 1.59. The van der Waals surface area contributed by atoms with Gasteiger partial charge in [0.2, 0.25) is 15.9 Å². The van der Waals surface area contributed by atoms with Crippen molar-refractivity contribution in [2.75, 3.05) is 40.3 Å². The largest absolute Gasteiger partial charge is 0.355 e. The minimum atomic E-state index is -3.55. The van der Waals surface area contributed by atoms with E-state index in [1.807, 2.05) is 30.3 Å². The lowest BCUT2D eigenvalue weighted by Crippen LogP contribution is -3.07. The molecule has 0 unspecified atom stereocenters. The van der Waals surface area contributed by atoms with E-state index in [1.54, 1.807) is 12.1 Å². The molecule has 0 saturated carbocycles. The van der Waals surface area contributed by atoms with Gasteiger partial charge in [-0.2, -0.15) is 4.31 Å². The Morgan fingerprint density at radius 2 is 1.73 bits per heavy atom. The van der Waals surface area contributed by atoms with Gasteiger partial charge in [0.25, 0.3) is 0 Å². The van der Waals surface area contributed by atoms with Gasteiger partial charge in [0.1, 0.15) is 0 Å². The van der Waals surface area contributed by atoms with Crippen LogP contribution < -0.4 is 10.2 Å². The summed E-state index contributed by atoms with van der Waals surface area (Å²) in [6.45, 7) is 6.65. The number of hydrogen-bond donors (Lipinski definition) is 2. The van der Waals surface area contributed by atoms with Crippen LogP contribution in [0.2, 0.25) is 0 Å². The van der Waals surface area contributed by atoms with Crippen LogP contribution in [0.15, 0.2) is 47.4 Å². The maximum Gasteiger partial charge on any atom is 0.243 e. The van der Waals surface area contributed by atoms with Crippen molar-refractivity contribution in [1.82, 2.24) is 9.62 Å². The van der Waals surface area contributed by atoms with Gasteiger partial charge in [-0.25, -0.2) is 8.42 Å². The fraction of sp³-hybridized carbons (Fsp3) is 0.522. The fourth-order valence-electron chi connectivity index (χ4n) is 4.33. The number of carbonyl (C=O) groups is 1. The maximum atomic E-state index is 13.1. The van der Waals surface area contributed by atoms with Crippen molar-refractivity contribution < 1.29 is 18.1 Å². The lowest BCUT2D eigenvalue weighted by molar-refractivity contribution is -0.865. The Hall–Kier alpha value is -1.96. The molecule has 1 fully saturated rings. The molecule has 0 atom stereocenters. The standard InChI is InChI=1S/C23H33N3O3S/c1-23(2,17-25(3)4)16-24-22(27)19-11-13-26(14-12-19)30(28,29)21-10-9-18-7-5-6-8-20(18)15-21/h5-10,15,19H,11-14,16-17H2,1-4H3,(H,24,27)/p+1. The second kappa shape index (κ2) is 9.04. The quantitative estimate of drug-likeness (QED) is 0.697. The first kappa shape index (κ1) is 22.7. The number of nitrogens with one attached hydrogen (secondary N) is 2. The Morgan fingerprint density at radius 1 is 1.10 bits per heavy atom. The van der Waals surface area contributed by atoms with E-state index >= 15 is 0 Å². The fourth-order valence-corrected chi connectivity index (χ4v) is 5.83. The molecular formula is C23H34N3O3S+. The number of piperidine rings is 1. The van der Waals surface area contributed by atoms with Crippen molar-refractivity contribution in [2.45, 2.75) is 31.6 Å².